The van der Waals surface area contributed by atoms with E-state index in [0.29, 0.717) is 32.5 Å². The van der Waals surface area contributed by atoms with Crippen LogP contribution in [0, 0.1) is 0 Å². The summed E-state index contributed by atoms with van der Waals surface area (Å²) in [4.78, 5) is 22.2. The van der Waals surface area contributed by atoms with E-state index in [0.717, 1.165) is 0 Å². The third kappa shape index (κ3) is 4.96. The number of nitrogens with one attached hydrogen (secondary N) is 1. The van der Waals surface area contributed by atoms with Gasteiger partial charge in [-0.2, -0.15) is 5.10 Å². The van der Waals surface area contributed by atoms with Crippen molar-refractivity contribution in [1.29, 1.82) is 0 Å². The van der Waals surface area contributed by atoms with Gasteiger partial charge in [0, 0.05) is 0 Å². The fraction of sp³-hybridized carbons (Fsp3) is 0.286. The van der Waals surface area contributed by atoms with E-state index in [-0.39, 0.29) is 12.5 Å². The van der Waals surface area contributed by atoms with Gasteiger partial charge in [-0.15, -0.1) is 5.10 Å². The number of benzene rings is 1. The second-order valence-corrected chi connectivity index (χ2v) is 6.20. The van der Waals surface area contributed by atoms with Crippen LogP contribution in [0.2, 0.25) is 0 Å². The molecule has 0 atom stereocenters. The first-order valence-corrected chi connectivity index (χ1v) is 8.42. The summed E-state index contributed by atoms with van der Waals surface area (Å²) in [7, 11) is 2.77. The van der Waals surface area contributed by atoms with E-state index in [1.807, 2.05) is 0 Å². The zero-order valence-corrected chi connectivity index (χ0v) is 15.3. The molecular formula is C14H14BrN3O5S. The minimum atomic E-state index is -0.499. The van der Waals surface area contributed by atoms with E-state index in [1.165, 1.54) is 32.2 Å². The lowest BCUT2D eigenvalue weighted by molar-refractivity contribution is -0.142. The minimum Gasteiger partial charge on any atom is -0.493 e. The molecule has 1 amide bonds. The molecule has 2 rings (SSSR count). The molecule has 1 fully saturated rings. The summed E-state index contributed by atoms with van der Waals surface area (Å²) in [5.41, 5.74) is 0.697. The fourth-order valence-corrected chi connectivity index (χ4v) is 2.88. The summed E-state index contributed by atoms with van der Waals surface area (Å²) in [6.07, 6.45) is 1.51. The lowest BCUT2D eigenvalue weighted by atomic mass is 10.2. The molecule has 10 heteroatoms. The molecule has 8 nitrogen and oxygen atoms in total. The van der Waals surface area contributed by atoms with Gasteiger partial charge in [0.15, 0.2) is 23.3 Å². The van der Waals surface area contributed by atoms with Gasteiger partial charge >= 0.3 is 5.97 Å². The number of halogens is 1. The van der Waals surface area contributed by atoms with Crippen molar-refractivity contribution in [2.45, 2.75) is 0 Å². The molecule has 0 aromatic heterocycles. The maximum absolute atomic E-state index is 11.2. The molecule has 0 unspecified atom stereocenters. The van der Waals surface area contributed by atoms with Crippen molar-refractivity contribution in [2.24, 2.45) is 10.2 Å². The van der Waals surface area contributed by atoms with Crippen molar-refractivity contribution in [2.75, 3.05) is 26.6 Å². The highest BCUT2D eigenvalue weighted by Gasteiger charge is 2.16. The van der Waals surface area contributed by atoms with Gasteiger partial charge in [0.2, 0.25) is 5.91 Å². The van der Waals surface area contributed by atoms with Gasteiger partial charge in [0.1, 0.15) is 0 Å². The number of carbonyl (C=O) groups is 2. The number of ether oxygens (including phenoxy) is 3. The van der Waals surface area contributed by atoms with Crippen LogP contribution in [0.3, 0.4) is 0 Å². The number of methoxy groups -OCH3 is 2. The Morgan fingerprint density at radius 1 is 1.46 bits per heavy atom. The van der Waals surface area contributed by atoms with Gasteiger partial charge in [-0.1, -0.05) is 11.8 Å². The highest BCUT2D eigenvalue weighted by atomic mass is 79.9. The van der Waals surface area contributed by atoms with E-state index in [9.17, 15) is 9.59 Å². The molecule has 0 bridgehead atoms. The summed E-state index contributed by atoms with van der Waals surface area (Å²) in [6, 6.07) is 3.42. The van der Waals surface area contributed by atoms with E-state index in [1.54, 1.807) is 12.1 Å². The fourth-order valence-electron chi connectivity index (χ4n) is 1.67. The first-order chi connectivity index (χ1) is 11.5. The number of hydrogen-bond acceptors (Lipinski definition) is 8. The number of esters is 1. The second kappa shape index (κ2) is 8.69. The van der Waals surface area contributed by atoms with Crippen LogP contribution in [-0.4, -0.2) is 49.8 Å². The summed E-state index contributed by atoms with van der Waals surface area (Å²) in [6.45, 7) is -0.233. The predicted octanol–water partition coefficient (Wildman–Crippen LogP) is 1.56. The van der Waals surface area contributed by atoms with Crippen molar-refractivity contribution >= 4 is 51.0 Å². The average Bonchev–Trinajstić information content (AvgIpc) is 2.98. The van der Waals surface area contributed by atoms with Crippen molar-refractivity contribution < 1.29 is 23.8 Å². The largest absolute Gasteiger partial charge is 0.493 e. The molecule has 0 spiro atoms. The maximum Gasteiger partial charge on any atom is 0.343 e. The molecule has 128 valence electrons. The normalized spacial score (nSPS) is 15.6. The Kier molecular flexibility index (Phi) is 6.62. The van der Waals surface area contributed by atoms with Crippen LogP contribution < -0.4 is 14.8 Å². The zero-order chi connectivity index (χ0) is 17.5. The summed E-state index contributed by atoms with van der Waals surface area (Å²) in [5, 5.41) is 10.9. The average molecular weight is 416 g/mol. The molecule has 1 saturated heterocycles. The monoisotopic (exact) mass is 415 g/mol. The van der Waals surface area contributed by atoms with Gasteiger partial charge in [0.05, 0.1) is 30.7 Å². The Labute approximate surface area is 150 Å². The van der Waals surface area contributed by atoms with Crippen LogP contribution in [0.1, 0.15) is 5.56 Å². The third-order valence-corrected chi connectivity index (χ3v) is 4.21. The SMILES string of the molecule is COC(=O)COc1c(Br)cc(C=NN=C2NC(=O)CS2)cc1OC. The Balaban J connectivity index is 2.13. The Morgan fingerprint density at radius 2 is 2.25 bits per heavy atom. The van der Waals surface area contributed by atoms with Gasteiger partial charge < -0.3 is 19.5 Å². The first kappa shape index (κ1) is 18.3. The summed E-state index contributed by atoms with van der Waals surface area (Å²) in [5.74, 6) is 0.558. The van der Waals surface area contributed by atoms with Crippen molar-refractivity contribution in [3.05, 3.63) is 22.2 Å². The Hall–Kier alpha value is -2.07. The molecule has 0 saturated carbocycles. The van der Waals surface area contributed by atoms with Crippen molar-refractivity contribution in [3.63, 3.8) is 0 Å². The Bertz CT molecular complexity index is 708. The van der Waals surface area contributed by atoms with Crippen molar-refractivity contribution in [1.82, 2.24) is 5.32 Å². The van der Waals surface area contributed by atoms with Crippen LogP contribution in [0.4, 0.5) is 0 Å². The molecular weight excluding hydrogens is 402 g/mol. The molecule has 1 aliphatic rings. The third-order valence-electron chi connectivity index (χ3n) is 2.76. The van der Waals surface area contributed by atoms with Gasteiger partial charge in [-0.05, 0) is 33.6 Å². The highest BCUT2D eigenvalue weighted by Crippen LogP contribution is 2.36. The topological polar surface area (TPSA) is 98.6 Å². The smallest absolute Gasteiger partial charge is 0.343 e. The number of hydrogen-bond donors (Lipinski definition) is 1. The molecule has 0 aliphatic carbocycles. The van der Waals surface area contributed by atoms with Crippen LogP contribution >= 0.6 is 27.7 Å². The molecule has 1 N–H and O–H groups in total. The van der Waals surface area contributed by atoms with E-state index < -0.39 is 5.97 Å². The van der Waals surface area contributed by atoms with E-state index in [2.05, 4.69) is 36.2 Å². The van der Waals surface area contributed by atoms with E-state index >= 15 is 0 Å². The number of amides is 1. The molecule has 1 aromatic rings. The number of amidine groups is 1. The molecule has 0 radical (unpaired) electrons. The molecule has 1 aliphatic heterocycles. The standard InChI is InChI=1S/C14H14BrN3O5S/c1-21-10-4-8(5-16-18-14-17-11(19)7-24-14)3-9(15)13(10)23-6-12(20)22-2/h3-5H,6-7H2,1-2H3,(H,17,18,19). The zero-order valence-electron chi connectivity index (χ0n) is 12.9. The predicted molar refractivity (Wildman–Crippen MR) is 93.8 cm³/mol. The minimum absolute atomic E-state index is 0.0922. The van der Waals surface area contributed by atoms with Gasteiger partial charge in [-0.25, -0.2) is 4.79 Å². The number of carbonyl (C=O) groups excluding carboxylic acids is 2. The lowest BCUT2D eigenvalue weighted by Gasteiger charge is -2.12. The number of rotatable bonds is 6. The van der Waals surface area contributed by atoms with Crippen LogP contribution in [0.25, 0.3) is 0 Å². The second-order valence-electron chi connectivity index (χ2n) is 4.39. The molecule has 1 aromatic carbocycles. The number of nitrogens with zero attached hydrogens (tertiary/aromatic N) is 2. The van der Waals surface area contributed by atoms with E-state index in [4.69, 9.17) is 9.47 Å². The Morgan fingerprint density at radius 3 is 2.88 bits per heavy atom. The summed E-state index contributed by atoms with van der Waals surface area (Å²) < 4.78 is 15.8. The van der Waals surface area contributed by atoms with Crippen LogP contribution in [0.5, 0.6) is 11.5 Å². The van der Waals surface area contributed by atoms with Gasteiger partial charge in [0.25, 0.3) is 0 Å². The van der Waals surface area contributed by atoms with Crippen LogP contribution in [-0.2, 0) is 14.3 Å². The summed E-state index contributed by atoms with van der Waals surface area (Å²) >= 11 is 4.65. The lowest BCUT2D eigenvalue weighted by Crippen LogP contribution is -2.19. The first-order valence-electron chi connectivity index (χ1n) is 6.64. The van der Waals surface area contributed by atoms with Crippen LogP contribution in [0.15, 0.2) is 26.8 Å². The molecule has 1 heterocycles. The maximum atomic E-state index is 11.2. The van der Waals surface area contributed by atoms with Gasteiger partial charge in [-0.3, -0.25) is 4.79 Å². The van der Waals surface area contributed by atoms with Crippen molar-refractivity contribution in [3.8, 4) is 11.5 Å². The number of thioether (sulfide) groups is 1. The quantitative estimate of drug-likeness (QED) is 0.430. The molecule has 24 heavy (non-hydrogen) atoms. The highest BCUT2D eigenvalue weighted by molar-refractivity contribution is 9.10.